The van der Waals surface area contributed by atoms with Crippen LogP contribution in [0.3, 0.4) is 0 Å². The number of benzene rings is 2. The Balaban J connectivity index is 1.53. The van der Waals surface area contributed by atoms with Crippen LogP contribution < -0.4 is 15.4 Å². The second-order valence-electron chi connectivity index (χ2n) is 7.28. The van der Waals surface area contributed by atoms with E-state index in [4.69, 9.17) is 0 Å². The summed E-state index contributed by atoms with van der Waals surface area (Å²) in [6.07, 6.45) is 0.429. The molecule has 0 atom stereocenters. The number of halogens is 3. The van der Waals surface area contributed by atoms with E-state index in [1.54, 1.807) is 24.3 Å². The van der Waals surface area contributed by atoms with E-state index >= 15 is 0 Å². The number of hydrogen-bond donors (Lipinski definition) is 2. The molecule has 0 unspecified atom stereocenters. The fourth-order valence-corrected chi connectivity index (χ4v) is 3.45. The number of hydrogen-bond acceptors (Lipinski definition) is 3. The third-order valence-corrected chi connectivity index (χ3v) is 4.98. The van der Waals surface area contributed by atoms with Crippen molar-refractivity contribution in [2.24, 2.45) is 5.92 Å². The topological polar surface area (TPSA) is 67.4 Å². The highest BCUT2D eigenvalue weighted by Crippen LogP contribution is 2.25. The van der Waals surface area contributed by atoms with Crippen molar-refractivity contribution >= 4 is 17.5 Å². The molecular weight excluding hydrogens is 397 g/mol. The Hall–Kier alpha value is -3.03. The molecule has 3 rings (SSSR count). The Labute approximate surface area is 172 Å². The van der Waals surface area contributed by atoms with Crippen molar-refractivity contribution in [1.82, 2.24) is 5.32 Å². The van der Waals surface area contributed by atoms with E-state index < -0.39 is 18.0 Å². The molecule has 1 aliphatic rings. The zero-order valence-corrected chi connectivity index (χ0v) is 16.3. The van der Waals surface area contributed by atoms with Gasteiger partial charge >= 0.3 is 6.36 Å². The molecule has 0 spiro atoms. The number of nitrogens with one attached hydrogen (secondary N) is 2. The van der Waals surface area contributed by atoms with Gasteiger partial charge in [0.05, 0.1) is 0 Å². The van der Waals surface area contributed by atoms with Crippen molar-refractivity contribution in [3.63, 3.8) is 0 Å². The molecule has 2 N–H and O–H groups in total. The largest absolute Gasteiger partial charge is 0.573 e. The van der Waals surface area contributed by atoms with Crippen LogP contribution in [-0.4, -0.2) is 18.2 Å². The highest BCUT2D eigenvalue weighted by Gasteiger charge is 2.31. The van der Waals surface area contributed by atoms with Gasteiger partial charge in [-0.2, -0.15) is 0 Å². The highest BCUT2D eigenvalue weighted by molar-refractivity contribution is 6.04. The van der Waals surface area contributed by atoms with Crippen molar-refractivity contribution in [3.05, 3.63) is 59.7 Å². The van der Waals surface area contributed by atoms with E-state index in [0.717, 1.165) is 43.4 Å². The van der Waals surface area contributed by atoms with E-state index in [-0.39, 0.29) is 17.5 Å². The lowest BCUT2D eigenvalue weighted by molar-refractivity contribution is -0.274. The van der Waals surface area contributed by atoms with Crippen LogP contribution in [0.2, 0.25) is 0 Å². The number of carbonyl (C=O) groups excluding carboxylic acids is 2. The summed E-state index contributed by atoms with van der Waals surface area (Å²) in [7, 11) is 0. The molecule has 0 bridgehead atoms. The zero-order valence-electron chi connectivity index (χ0n) is 16.3. The lowest BCUT2D eigenvalue weighted by Gasteiger charge is -2.20. The van der Waals surface area contributed by atoms with Crippen molar-refractivity contribution in [2.45, 2.75) is 45.0 Å². The fraction of sp³-hybridized carbons (Fsp3) is 0.364. The molecule has 2 aromatic rings. The van der Waals surface area contributed by atoms with Crippen molar-refractivity contribution < 1.29 is 27.5 Å². The van der Waals surface area contributed by atoms with Crippen LogP contribution in [0.4, 0.5) is 18.9 Å². The molecule has 30 heavy (non-hydrogen) atoms. The number of ether oxygens (including phenoxy) is 1. The van der Waals surface area contributed by atoms with E-state index in [9.17, 15) is 22.8 Å². The van der Waals surface area contributed by atoms with Crippen LogP contribution in [0, 0.1) is 5.92 Å². The van der Waals surface area contributed by atoms with Crippen LogP contribution >= 0.6 is 0 Å². The Morgan fingerprint density at radius 2 is 1.70 bits per heavy atom. The van der Waals surface area contributed by atoms with Crippen molar-refractivity contribution in [3.8, 4) is 5.75 Å². The minimum absolute atomic E-state index is 0.0671. The lowest BCUT2D eigenvalue weighted by atomic mass is 9.88. The van der Waals surface area contributed by atoms with Gasteiger partial charge in [0.15, 0.2) is 0 Å². The minimum Gasteiger partial charge on any atom is -0.406 e. The average Bonchev–Trinajstić information content (AvgIpc) is 2.72. The summed E-state index contributed by atoms with van der Waals surface area (Å²) in [6.45, 7) is 0.383. The molecule has 0 aromatic heterocycles. The Kier molecular flexibility index (Phi) is 6.97. The molecular formula is C22H23F3N2O3. The van der Waals surface area contributed by atoms with Gasteiger partial charge in [-0.3, -0.25) is 9.59 Å². The second kappa shape index (κ2) is 9.65. The third kappa shape index (κ3) is 6.50. The highest BCUT2D eigenvalue weighted by atomic mass is 19.4. The minimum atomic E-state index is -4.80. The Bertz CT molecular complexity index is 876. The van der Waals surface area contributed by atoms with Crippen LogP contribution in [0.15, 0.2) is 48.5 Å². The lowest BCUT2D eigenvalue weighted by Crippen LogP contribution is -2.31. The normalized spacial score (nSPS) is 14.8. The van der Waals surface area contributed by atoms with Gasteiger partial charge in [0, 0.05) is 29.8 Å². The maximum atomic E-state index is 12.4. The Morgan fingerprint density at radius 1 is 1.00 bits per heavy atom. The molecule has 0 heterocycles. The summed E-state index contributed by atoms with van der Waals surface area (Å²) in [5.41, 5.74) is 1.39. The van der Waals surface area contributed by atoms with Crippen LogP contribution in [0.25, 0.3) is 0 Å². The molecule has 160 valence electrons. The first kappa shape index (κ1) is 21.7. The first-order valence-electron chi connectivity index (χ1n) is 9.84. The first-order valence-corrected chi connectivity index (χ1v) is 9.84. The van der Waals surface area contributed by atoms with E-state index in [1.165, 1.54) is 18.6 Å². The van der Waals surface area contributed by atoms with Crippen LogP contribution in [-0.2, 0) is 11.3 Å². The van der Waals surface area contributed by atoms with Gasteiger partial charge in [0.1, 0.15) is 5.75 Å². The van der Waals surface area contributed by atoms with E-state index in [0.29, 0.717) is 12.1 Å². The van der Waals surface area contributed by atoms with Gasteiger partial charge < -0.3 is 15.4 Å². The quantitative estimate of drug-likeness (QED) is 0.689. The average molecular weight is 420 g/mol. The molecule has 0 aliphatic heterocycles. The van der Waals surface area contributed by atoms with Gasteiger partial charge in [-0.25, -0.2) is 0 Å². The third-order valence-electron chi connectivity index (χ3n) is 4.98. The number of alkyl halides is 3. The maximum Gasteiger partial charge on any atom is 0.573 e. The molecule has 2 aromatic carbocycles. The summed E-state index contributed by atoms with van der Waals surface area (Å²) in [5, 5.41) is 5.48. The summed E-state index contributed by atoms with van der Waals surface area (Å²) >= 11 is 0. The van der Waals surface area contributed by atoms with Gasteiger partial charge in [-0.05, 0) is 42.7 Å². The van der Waals surface area contributed by atoms with Crippen LogP contribution in [0.5, 0.6) is 5.75 Å². The van der Waals surface area contributed by atoms with E-state index in [2.05, 4.69) is 15.4 Å². The standard InChI is InChI=1S/C22H23F3N2O3/c23-22(24,25)30-19-8-4-7-18(13-19)27-21(29)17-11-9-15(10-12-17)14-26-20(28)16-5-2-1-3-6-16/h4,7-13,16H,1-3,5-6,14H2,(H,26,28)(H,27,29). The number of anilines is 1. The number of rotatable bonds is 6. The zero-order chi connectivity index (χ0) is 21.6. The predicted octanol–water partition coefficient (Wildman–Crippen LogP) is 5.03. The smallest absolute Gasteiger partial charge is 0.406 e. The van der Waals surface area contributed by atoms with E-state index in [1.807, 2.05) is 0 Å². The molecule has 1 aliphatic carbocycles. The summed E-state index contributed by atoms with van der Waals surface area (Å²) in [6, 6.07) is 11.8. The monoisotopic (exact) mass is 420 g/mol. The predicted molar refractivity (Wildman–Crippen MR) is 106 cm³/mol. The number of amides is 2. The number of carbonyl (C=O) groups is 2. The first-order chi connectivity index (χ1) is 14.3. The van der Waals surface area contributed by atoms with Crippen molar-refractivity contribution in [2.75, 3.05) is 5.32 Å². The molecule has 8 heteroatoms. The Morgan fingerprint density at radius 3 is 2.37 bits per heavy atom. The van der Waals surface area contributed by atoms with Crippen LogP contribution in [0.1, 0.15) is 48.0 Å². The summed E-state index contributed by atoms with van der Waals surface area (Å²) in [5.74, 6) is -0.723. The summed E-state index contributed by atoms with van der Waals surface area (Å²) < 4.78 is 40.8. The maximum absolute atomic E-state index is 12.4. The second-order valence-corrected chi connectivity index (χ2v) is 7.28. The fourth-order valence-electron chi connectivity index (χ4n) is 3.45. The molecule has 0 saturated heterocycles. The molecule has 2 amide bonds. The van der Waals surface area contributed by atoms with Gasteiger partial charge in [0.25, 0.3) is 5.91 Å². The molecule has 1 fully saturated rings. The van der Waals surface area contributed by atoms with Crippen molar-refractivity contribution in [1.29, 1.82) is 0 Å². The van der Waals surface area contributed by atoms with Gasteiger partial charge in [-0.15, -0.1) is 13.2 Å². The summed E-state index contributed by atoms with van der Waals surface area (Å²) in [4.78, 5) is 24.6. The molecule has 5 nitrogen and oxygen atoms in total. The van der Waals surface area contributed by atoms with Gasteiger partial charge in [0.2, 0.25) is 5.91 Å². The molecule has 1 saturated carbocycles. The van der Waals surface area contributed by atoms with Gasteiger partial charge in [-0.1, -0.05) is 37.5 Å². The molecule has 0 radical (unpaired) electrons. The SMILES string of the molecule is O=C(Nc1cccc(OC(F)(F)F)c1)c1ccc(CNC(=O)C2CCCCC2)cc1.